The van der Waals surface area contributed by atoms with Crippen molar-refractivity contribution in [3.63, 3.8) is 0 Å². The fraction of sp³-hybridized carbons (Fsp3) is 0.240. The normalized spacial score (nSPS) is 15.9. The molecule has 0 spiro atoms. The van der Waals surface area contributed by atoms with Gasteiger partial charge in [-0.25, -0.2) is 18.1 Å². The van der Waals surface area contributed by atoms with Gasteiger partial charge < -0.3 is 10.2 Å². The summed E-state index contributed by atoms with van der Waals surface area (Å²) < 4.78 is 27.3. The van der Waals surface area contributed by atoms with Crippen LogP contribution in [0.3, 0.4) is 0 Å². The van der Waals surface area contributed by atoms with E-state index in [0.29, 0.717) is 47.3 Å². The highest BCUT2D eigenvalue weighted by atomic mass is 35.5. The summed E-state index contributed by atoms with van der Waals surface area (Å²) in [7, 11) is -3.31. The summed E-state index contributed by atoms with van der Waals surface area (Å²) >= 11 is 12.3. The van der Waals surface area contributed by atoms with E-state index in [9.17, 15) is 13.2 Å². The topological polar surface area (TPSA) is 109 Å². The highest BCUT2D eigenvalue weighted by molar-refractivity contribution is 7.88. The molecule has 2 aromatic carbocycles. The first kappa shape index (κ1) is 25.5. The third-order valence-electron chi connectivity index (χ3n) is 6.12. The minimum absolute atomic E-state index is 0.134. The summed E-state index contributed by atoms with van der Waals surface area (Å²) in [6, 6.07) is 16.0. The standard InChI is InChI=1S/C25H24Cl2N6O3S/c1-37(35,36)31-20-9-11-32(15-20)25(34)17-4-2-16(3-5-17)22-13-24(33-23(30-22)8-10-29-33)28-14-18-6-7-19(26)12-21(18)27/h2-8,10,12-13,20,28,31H,9,11,14-15H2,1H3. The molecule has 1 atom stereocenters. The van der Waals surface area contributed by atoms with Crippen LogP contribution in [0.2, 0.25) is 10.0 Å². The lowest BCUT2D eigenvalue weighted by Gasteiger charge is -2.17. The third kappa shape index (κ3) is 5.88. The molecule has 1 saturated heterocycles. The van der Waals surface area contributed by atoms with Crippen LogP contribution in [0.15, 0.2) is 60.8 Å². The Labute approximate surface area is 224 Å². The molecule has 2 N–H and O–H groups in total. The van der Waals surface area contributed by atoms with Gasteiger partial charge in [0.15, 0.2) is 5.65 Å². The lowest BCUT2D eigenvalue weighted by atomic mass is 10.1. The fourth-order valence-corrected chi connectivity index (χ4v) is 5.62. The van der Waals surface area contributed by atoms with Crippen molar-refractivity contribution in [1.82, 2.24) is 24.2 Å². The van der Waals surface area contributed by atoms with Crippen LogP contribution in [-0.2, 0) is 16.6 Å². The molecule has 3 heterocycles. The van der Waals surface area contributed by atoms with Crippen molar-refractivity contribution in [1.29, 1.82) is 0 Å². The van der Waals surface area contributed by atoms with E-state index in [-0.39, 0.29) is 11.9 Å². The quantitative estimate of drug-likeness (QED) is 0.353. The van der Waals surface area contributed by atoms with E-state index in [1.807, 2.05) is 30.3 Å². The number of amides is 1. The van der Waals surface area contributed by atoms with Crippen molar-refractivity contribution < 1.29 is 13.2 Å². The Morgan fingerprint density at radius 1 is 1.11 bits per heavy atom. The molecule has 0 radical (unpaired) electrons. The van der Waals surface area contributed by atoms with Gasteiger partial charge in [0.1, 0.15) is 5.82 Å². The van der Waals surface area contributed by atoms with Gasteiger partial charge in [-0.1, -0.05) is 41.4 Å². The van der Waals surface area contributed by atoms with Crippen LogP contribution in [-0.4, -0.2) is 59.2 Å². The third-order valence-corrected chi connectivity index (χ3v) is 7.47. The number of hydrogen-bond donors (Lipinski definition) is 2. The molecule has 4 aromatic rings. The van der Waals surface area contributed by atoms with Crippen LogP contribution in [0.1, 0.15) is 22.3 Å². The molecule has 1 unspecified atom stereocenters. The number of nitrogens with zero attached hydrogens (tertiary/aromatic N) is 4. The SMILES string of the molecule is CS(=O)(=O)NC1CCN(C(=O)c2ccc(-c3cc(NCc4ccc(Cl)cc4Cl)n4nccc4n3)cc2)C1. The van der Waals surface area contributed by atoms with Crippen LogP contribution in [0.4, 0.5) is 5.82 Å². The van der Waals surface area contributed by atoms with E-state index in [4.69, 9.17) is 28.2 Å². The molecule has 192 valence electrons. The summed E-state index contributed by atoms with van der Waals surface area (Å²) in [5, 5.41) is 8.87. The zero-order valence-corrected chi connectivity index (χ0v) is 22.2. The minimum atomic E-state index is -3.31. The van der Waals surface area contributed by atoms with Crippen molar-refractivity contribution in [3.8, 4) is 11.3 Å². The predicted octanol–water partition coefficient (Wildman–Crippen LogP) is 4.08. The minimum Gasteiger partial charge on any atom is -0.366 e. The number of rotatable bonds is 7. The van der Waals surface area contributed by atoms with Crippen LogP contribution >= 0.6 is 23.2 Å². The average molecular weight is 559 g/mol. The number of carbonyl (C=O) groups excluding carboxylic acids is 1. The van der Waals surface area contributed by atoms with E-state index >= 15 is 0 Å². The Morgan fingerprint density at radius 3 is 2.62 bits per heavy atom. The van der Waals surface area contributed by atoms with Crippen molar-refractivity contribution in [2.75, 3.05) is 24.7 Å². The molecule has 0 aliphatic carbocycles. The maximum atomic E-state index is 13.0. The van der Waals surface area contributed by atoms with Crippen molar-refractivity contribution in [2.45, 2.75) is 19.0 Å². The van der Waals surface area contributed by atoms with Crippen LogP contribution in [0.25, 0.3) is 16.9 Å². The zero-order valence-electron chi connectivity index (χ0n) is 19.9. The summed E-state index contributed by atoms with van der Waals surface area (Å²) in [6.45, 7) is 1.31. The monoisotopic (exact) mass is 558 g/mol. The number of benzene rings is 2. The Kier molecular flexibility index (Phi) is 7.09. The van der Waals surface area contributed by atoms with E-state index in [2.05, 4.69) is 15.1 Å². The van der Waals surface area contributed by atoms with Gasteiger partial charge in [0.25, 0.3) is 5.91 Å². The number of hydrogen-bond acceptors (Lipinski definition) is 6. The van der Waals surface area contributed by atoms with Crippen LogP contribution in [0, 0.1) is 0 Å². The second-order valence-electron chi connectivity index (χ2n) is 8.92. The highest BCUT2D eigenvalue weighted by Gasteiger charge is 2.28. The molecular formula is C25H24Cl2N6O3S. The van der Waals surface area contributed by atoms with Gasteiger partial charge in [-0.15, -0.1) is 0 Å². The van der Waals surface area contributed by atoms with Gasteiger partial charge in [-0.3, -0.25) is 4.79 Å². The van der Waals surface area contributed by atoms with Gasteiger partial charge in [0, 0.05) is 59.0 Å². The van der Waals surface area contributed by atoms with Gasteiger partial charge in [-0.2, -0.15) is 9.61 Å². The fourth-order valence-electron chi connectivity index (χ4n) is 4.35. The van der Waals surface area contributed by atoms with Gasteiger partial charge in [0.2, 0.25) is 10.0 Å². The molecule has 37 heavy (non-hydrogen) atoms. The van der Waals surface area contributed by atoms with Gasteiger partial charge in [0.05, 0.1) is 18.1 Å². The molecule has 1 fully saturated rings. The number of nitrogens with one attached hydrogen (secondary N) is 2. The van der Waals surface area contributed by atoms with E-state index in [1.54, 1.807) is 39.9 Å². The summed E-state index contributed by atoms with van der Waals surface area (Å²) in [4.78, 5) is 19.3. The molecule has 1 aliphatic heterocycles. The number of aromatic nitrogens is 3. The molecule has 12 heteroatoms. The first-order valence-corrected chi connectivity index (χ1v) is 14.2. The van der Waals surface area contributed by atoms with Gasteiger partial charge >= 0.3 is 0 Å². The summed E-state index contributed by atoms with van der Waals surface area (Å²) in [6.07, 6.45) is 3.39. The van der Waals surface area contributed by atoms with Crippen LogP contribution in [0.5, 0.6) is 0 Å². The molecule has 9 nitrogen and oxygen atoms in total. The molecule has 5 rings (SSSR count). The lowest BCUT2D eigenvalue weighted by molar-refractivity contribution is 0.0790. The second-order valence-corrected chi connectivity index (χ2v) is 11.5. The highest BCUT2D eigenvalue weighted by Crippen LogP contribution is 2.26. The van der Waals surface area contributed by atoms with E-state index in [0.717, 1.165) is 28.9 Å². The lowest BCUT2D eigenvalue weighted by Crippen LogP contribution is -2.37. The molecule has 1 amide bonds. The number of fused-ring (bicyclic) bond motifs is 1. The molecule has 0 bridgehead atoms. The Hall–Kier alpha value is -3.18. The summed E-state index contributed by atoms with van der Waals surface area (Å²) in [5.74, 6) is 0.600. The number of anilines is 1. The van der Waals surface area contributed by atoms with Crippen molar-refractivity contribution in [2.24, 2.45) is 0 Å². The number of likely N-dealkylation sites (tertiary alicyclic amines) is 1. The Morgan fingerprint density at radius 2 is 1.89 bits per heavy atom. The molecule has 1 aliphatic rings. The van der Waals surface area contributed by atoms with Crippen molar-refractivity contribution >= 4 is 50.6 Å². The smallest absolute Gasteiger partial charge is 0.253 e. The molecule has 0 saturated carbocycles. The zero-order chi connectivity index (χ0) is 26.2. The first-order valence-electron chi connectivity index (χ1n) is 11.6. The predicted molar refractivity (Wildman–Crippen MR) is 144 cm³/mol. The maximum absolute atomic E-state index is 13.0. The Balaban J connectivity index is 1.33. The first-order chi connectivity index (χ1) is 17.7. The number of carbonyl (C=O) groups is 1. The van der Waals surface area contributed by atoms with Crippen molar-refractivity contribution in [3.05, 3.63) is 82.0 Å². The summed E-state index contributed by atoms with van der Waals surface area (Å²) in [5.41, 5.74) is 3.65. The largest absolute Gasteiger partial charge is 0.366 e. The maximum Gasteiger partial charge on any atom is 0.253 e. The van der Waals surface area contributed by atoms with Crippen LogP contribution < -0.4 is 10.0 Å². The van der Waals surface area contributed by atoms with E-state index < -0.39 is 10.0 Å². The van der Waals surface area contributed by atoms with Gasteiger partial charge in [-0.05, 0) is 36.2 Å². The second kappa shape index (κ2) is 10.3. The van der Waals surface area contributed by atoms with E-state index in [1.165, 1.54) is 0 Å². The number of sulfonamides is 1. The Bertz CT molecular complexity index is 1570. The molecule has 2 aromatic heterocycles. The number of halogens is 2. The molecular weight excluding hydrogens is 535 g/mol. The average Bonchev–Trinajstić information content (AvgIpc) is 3.51.